The molecular formula is C15H20N2O4. The molecule has 1 amide bonds. The number of benzene rings is 1. The average Bonchev–Trinajstić information content (AvgIpc) is 2.48. The Labute approximate surface area is 123 Å². The van der Waals surface area contributed by atoms with E-state index in [1.807, 2.05) is 0 Å². The van der Waals surface area contributed by atoms with E-state index in [1.165, 1.54) is 0 Å². The fourth-order valence-electron chi connectivity index (χ4n) is 2.15. The lowest BCUT2D eigenvalue weighted by Crippen LogP contribution is -2.34. The van der Waals surface area contributed by atoms with Crippen LogP contribution in [0.1, 0.15) is 35.2 Å². The first-order chi connectivity index (χ1) is 10.2. The van der Waals surface area contributed by atoms with Gasteiger partial charge in [0.25, 0.3) is 0 Å². The largest absolute Gasteiger partial charge is 0.493 e. The SMILES string of the molecule is O=C1CNCc2ccc(C(=O)O)cc2OCCCCCN1. The molecule has 0 aliphatic carbocycles. The molecule has 0 radical (unpaired) electrons. The number of aromatic carboxylic acids is 1. The number of nitrogens with one attached hydrogen (secondary N) is 2. The van der Waals surface area contributed by atoms with Gasteiger partial charge in [-0.1, -0.05) is 6.07 Å². The zero-order valence-electron chi connectivity index (χ0n) is 11.9. The van der Waals surface area contributed by atoms with E-state index in [0.29, 0.717) is 25.4 Å². The summed E-state index contributed by atoms with van der Waals surface area (Å²) in [4.78, 5) is 22.6. The van der Waals surface area contributed by atoms with Crippen molar-refractivity contribution >= 4 is 11.9 Å². The fraction of sp³-hybridized carbons (Fsp3) is 0.467. The maximum atomic E-state index is 11.6. The van der Waals surface area contributed by atoms with Gasteiger partial charge in [0.2, 0.25) is 5.91 Å². The van der Waals surface area contributed by atoms with Gasteiger partial charge < -0.3 is 20.5 Å². The molecule has 21 heavy (non-hydrogen) atoms. The lowest BCUT2D eigenvalue weighted by atomic mass is 10.1. The molecule has 3 N–H and O–H groups in total. The lowest BCUT2D eigenvalue weighted by Gasteiger charge is -2.12. The molecule has 0 bridgehead atoms. The molecule has 1 aromatic carbocycles. The number of carboxylic acids is 1. The predicted molar refractivity (Wildman–Crippen MR) is 77.5 cm³/mol. The average molecular weight is 292 g/mol. The lowest BCUT2D eigenvalue weighted by molar-refractivity contribution is -0.120. The van der Waals surface area contributed by atoms with Gasteiger partial charge in [0.1, 0.15) is 5.75 Å². The molecule has 1 aliphatic rings. The highest BCUT2D eigenvalue weighted by Crippen LogP contribution is 2.21. The van der Waals surface area contributed by atoms with Gasteiger partial charge in [-0.15, -0.1) is 0 Å². The van der Waals surface area contributed by atoms with Crippen LogP contribution in [0.2, 0.25) is 0 Å². The van der Waals surface area contributed by atoms with Crippen molar-refractivity contribution in [1.82, 2.24) is 10.6 Å². The highest BCUT2D eigenvalue weighted by Gasteiger charge is 2.11. The van der Waals surface area contributed by atoms with E-state index in [0.717, 1.165) is 24.8 Å². The van der Waals surface area contributed by atoms with Crippen LogP contribution in [-0.2, 0) is 11.3 Å². The second-order valence-corrected chi connectivity index (χ2v) is 4.99. The standard InChI is InChI=1S/C15H20N2O4/c18-14-10-16-9-12-5-4-11(15(19)20)8-13(12)21-7-3-1-2-6-17-14/h4-5,8,16H,1-3,6-7,9-10H2,(H,17,18)(H,19,20). The zero-order chi connectivity index (χ0) is 15.1. The molecule has 0 fully saturated rings. The van der Waals surface area contributed by atoms with E-state index >= 15 is 0 Å². The fourth-order valence-corrected chi connectivity index (χ4v) is 2.15. The molecule has 0 unspecified atom stereocenters. The van der Waals surface area contributed by atoms with Crippen LogP contribution in [0, 0.1) is 0 Å². The minimum atomic E-state index is -0.975. The van der Waals surface area contributed by atoms with Crippen LogP contribution >= 0.6 is 0 Å². The van der Waals surface area contributed by atoms with E-state index < -0.39 is 5.97 Å². The number of carboxylic acid groups (broad SMARTS) is 1. The topological polar surface area (TPSA) is 87.7 Å². The molecule has 6 nitrogen and oxygen atoms in total. The third-order valence-electron chi connectivity index (χ3n) is 3.32. The van der Waals surface area contributed by atoms with Gasteiger partial charge in [0, 0.05) is 18.7 Å². The van der Waals surface area contributed by atoms with Gasteiger partial charge in [0.15, 0.2) is 0 Å². The predicted octanol–water partition coefficient (Wildman–Crippen LogP) is 1.15. The summed E-state index contributed by atoms with van der Waals surface area (Å²) < 4.78 is 5.71. The van der Waals surface area contributed by atoms with Gasteiger partial charge >= 0.3 is 5.97 Å². The summed E-state index contributed by atoms with van der Waals surface area (Å²) in [5.74, 6) is -0.433. The first kappa shape index (κ1) is 15.3. The molecule has 0 saturated heterocycles. The Morgan fingerprint density at radius 3 is 2.86 bits per heavy atom. The summed E-state index contributed by atoms with van der Waals surface area (Å²) in [6, 6.07) is 4.81. The van der Waals surface area contributed by atoms with E-state index in [9.17, 15) is 9.59 Å². The highest BCUT2D eigenvalue weighted by atomic mass is 16.5. The van der Waals surface area contributed by atoms with E-state index in [1.54, 1.807) is 18.2 Å². The van der Waals surface area contributed by atoms with Crippen molar-refractivity contribution in [3.05, 3.63) is 29.3 Å². The second-order valence-electron chi connectivity index (χ2n) is 4.99. The minimum absolute atomic E-state index is 0.0288. The molecule has 0 spiro atoms. The number of hydrogen-bond donors (Lipinski definition) is 3. The summed E-state index contributed by atoms with van der Waals surface area (Å²) in [7, 11) is 0. The first-order valence-electron chi connectivity index (χ1n) is 7.13. The highest BCUT2D eigenvalue weighted by molar-refractivity contribution is 5.88. The normalized spacial score (nSPS) is 17.2. The van der Waals surface area contributed by atoms with Crippen molar-refractivity contribution in [3.8, 4) is 5.75 Å². The third-order valence-corrected chi connectivity index (χ3v) is 3.32. The van der Waals surface area contributed by atoms with Crippen LogP contribution in [0.15, 0.2) is 18.2 Å². The van der Waals surface area contributed by atoms with E-state index in [-0.39, 0.29) is 18.0 Å². The maximum Gasteiger partial charge on any atom is 0.335 e. The van der Waals surface area contributed by atoms with Gasteiger partial charge in [0.05, 0.1) is 18.7 Å². The second kappa shape index (κ2) is 7.64. The van der Waals surface area contributed by atoms with Crippen molar-refractivity contribution < 1.29 is 19.4 Å². The summed E-state index contributed by atoms with van der Waals surface area (Å²) >= 11 is 0. The Morgan fingerprint density at radius 2 is 2.05 bits per heavy atom. The van der Waals surface area contributed by atoms with Gasteiger partial charge in [-0.2, -0.15) is 0 Å². The Balaban J connectivity index is 2.13. The molecule has 114 valence electrons. The first-order valence-corrected chi connectivity index (χ1v) is 7.13. The molecule has 1 aromatic rings. The van der Waals surface area contributed by atoms with Gasteiger partial charge in [-0.25, -0.2) is 4.79 Å². The molecule has 6 heteroatoms. The summed E-state index contributed by atoms with van der Waals surface area (Å²) in [5.41, 5.74) is 1.06. The monoisotopic (exact) mass is 292 g/mol. The van der Waals surface area contributed by atoms with E-state index in [2.05, 4.69) is 10.6 Å². The molecule has 1 heterocycles. The van der Waals surface area contributed by atoms with Gasteiger partial charge in [-0.05, 0) is 31.4 Å². The molecular weight excluding hydrogens is 272 g/mol. The van der Waals surface area contributed by atoms with Crippen LogP contribution in [0.4, 0.5) is 0 Å². The van der Waals surface area contributed by atoms with Crippen LogP contribution in [0.5, 0.6) is 5.75 Å². The number of carbonyl (C=O) groups is 2. The Morgan fingerprint density at radius 1 is 1.19 bits per heavy atom. The van der Waals surface area contributed by atoms with Gasteiger partial charge in [-0.3, -0.25) is 4.79 Å². The Hall–Kier alpha value is -2.08. The summed E-state index contributed by atoms with van der Waals surface area (Å²) in [6.45, 7) is 1.92. The van der Waals surface area contributed by atoms with Crippen LogP contribution in [0.25, 0.3) is 0 Å². The van der Waals surface area contributed by atoms with Crippen molar-refractivity contribution in [2.45, 2.75) is 25.8 Å². The van der Waals surface area contributed by atoms with Crippen molar-refractivity contribution in [2.75, 3.05) is 19.7 Å². The Kier molecular flexibility index (Phi) is 5.57. The number of hydrogen-bond acceptors (Lipinski definition) is 4. The number of ether oxygens (including phenoxy) is 1. The molecule has 0 atom stereocenters. The van der Waals surface area contributed by atoms with Crippen molar-refractivity contribution in [3.63, 3.8) is 0 Å². The van der Waals surface area contributed by atoms with Crippen LogP contribution in [-0.4, -0.2) is 36.7 Å². The number of fused-ring (bicyclic) bond motifs is 1. The number of amides is 1. The third kappa shape index (κ3) is 4.75. The smallest absolute Gasteiger partial charge is 0.335 e. The quantitative estimate of drug-likeness (QED) is 0.723. The number of rotatable bonds is 1. The summed E-state index contributed by atoms with van der Waals surface area (Å²) in [5, 5.41) is 14.9. The zero-order valence-corrected chi connectivity index (χ0v) is 11.9. The molecule has 0 saturated carbocycles. The Bertz CT molecular complexity index is 516. The van der Waals surface area contributed by atoms with Crippen LogP contribution < -0.4 is 15.4 Å². The minimum Gasteiger partial charge on any atom is -0.493 e. The van der Waals surface area contributed by atoms with E-state index in [4.69, 9.17) is 9.84 Å². The molecule has 0 aromatic heterocycles. The summed E-state index contributed by atoms with van der Waals surface area (Å²) in [6.07, 6.45) is 2.75. The van der Waals surface area contributed by atoms with Crippen LogP contribution in [0.3, 0.4) is 0 Å². The van der Waals surface area contributed by atoms with Crippen molar-refractivity contribution in [1.29, 1.82) is 0 Å². The maximum absolute atomic E-state index is 11.6. The van der Waals surface area contributed by atoms with Crippen molar-refractivity contribution in [2.24, 2.45) is 0 Å². The molecule has 2 rings (SSSR count). The molecule has 1 aliphatic heterocycles. The number of carbonyl (C=O) groups excluding carboxylic acids is 1.